The van der Waals surface area contributed by atoms with Gasteiger partial charge in [-0.3, -0.25) is 9.59 Å². The van der Waals surface area contributed by atoms with Gasteiger partial charge in [-0.15, -0.1) is 0 Å². The number of rotatable bonds is 5. The van der Waals surface area contributed by atoms with Gasteiger partial charge in [0.25, 0.3) is 5.91 Å². The molecule has 1 amide bonds. The lowest BCUT2D eigenvalue weighted by atomic mass is 9.88. The van der Waals surface area contributed by atoms with Gasteiger partial charge in [-0.05, 0) is 38.3 Å². The van der Waals surface area contributed by atoms with Crippen molar-refractivity contribution >= 4 is 17.8 Å². The van der Waals surface area contributed by atoms with E-state index in [0.29, 0.717) is 35.6 Å². The van der Waals surface area contributed by atoms with Crippen LogP contribution in [0, 0.1) is 0 Å². The first-order chi connectivity index (χ1) is 15.1. The number of carbonyl (C=O) groups is 3. The van der Waals surface area contributed by atoms with Crippen LogP contribution in [0.15, 0.2) is 48.5 Å². The average molecular weight is 423 g/mol. The summed E-state index contributed by atoms with van der Waals surface area (Å²) in [6.45, 7) is 2.02. The first-order valence-corrected chi connectivity index (χ1v) is 10.6. The van der Waals surface area contributed by atoms with Crippen LogP contribution in [0.4, 0.5) is 0 Å². The minimum Gasteiger partial charge on any atom is -0.464 e. The van der Waals surface area contributed by atoms with Gasteiger partial charge < -0.3 is 19.1 Å². The average Bonchev–Trinajstić information content (AvgIpc) is 2.80. The van der Waals surface area contributed by atoms with E-state index in [9.17, 15) is 14.4 Å². The minimum absolute atomic E-state index is 0.259. The van der Waals surface area contributed by atoms with Crippen LogP contribution in [0.25, 0.3) is 0 Å². The lowest BCUT2D eigenvalue weighted by Gasteiger charge is -2.34. The van der Waals surface area contributed by atoms with Crippen molar-refractivity contribution in [3.8, 4) is 11.5 Å². The van der Waals surface area contributed by atoms with Gasteiger partial charge in [-0.2, -0.15) is 0 Å². The summed E-state index contributed by atoms with van der Waals surface area (Å²) in [5, 5.41) is 0. The fraction of sp³-hybridized carbons (Fsp3) is 0.375. The largest absolute Gasteiger partial charge is 0.464 e. The van der Waals surface area contributed by atoms with Crippen LogP contribution in [0.2, 0.25) is 0 Å². The van der Waals surface area contributed by atoms with E-state index < -0.39 is 30.5 Å². The van der Waals surface area contributed by atoms with Crippen LogP contribution >= 0.6 is 0 Å². The molecule has 2 aromatic carbocycles. The number of nitrogens with zero attached hydrogens (tertiary/aromatic N) is 1. The maximum atomic E-state index is 13.1. The van der Waals surface area contributed by atoms with Gasteiger partial charge in [0.05, 0.1) is 6.61 Å². The SMILES string of the molecule is CCOC(=O)C1CCCCN1C(=O)COC(=O)C1c2ccccc2Oc2ccccc21. The van der Waals surface area contributed by atoms with E-state index in [-0.39, 0.29) is 12.5 Å². The summed E-state index contributed by atoms with van der Waals surface area (Å²) < 4.78 is 16.5. The highest BCUT2D eigenvalue weighted by atomic mass is 16.5. The quantitative estimate of drug-likeness (QED) is 0.686. The standard InChI is InChI=1S/C24H25NO6/c1-2-29-23(27)18-11-7-8-14-25(18)21(26)15-30-24(28)22-16-9-3-5-12-19(16)31-20-13-6-4-10-17(20)22/h3-6,9-10,12-13,18,22H,2,7-8,11,14-15H2,1H3. The van der Waals surface area contributed by atoms with Crippen LogP contribution in [-0.4, -0.2) is 48.5 Å². The molecule has 0 aromatic heterocycles. The van der Waals surface area contributed by atoms with Gasteiger partial charge in [0.15, 0.2) is 6.61 Å². The number of likely N-dealkylation sites (tertiary alicyclic amines) is 1. The summed E-state index contributed by atoms with van der Waals surface area (Å²) in [6, 6.07) is 14.0. The Morgan fingerprint density at radius 1 is 0.935 bits per heavy atom. The summed E-state index contributed by atoms with van der Waals surface area (Å²) >= 11 is 0. The van der Waals surface area contributed by atoms with Crippen molar-refractivity contribution in [2.45, 2.75) is 38.1 Å². The van der Waals surface area contributed by atoms with E-state index in [1.54, 1.807) is 19.1 Å². The Kier molecular flexibility index (Phi) is 6.21. The monoisotopic (exact) mass is 423 g/mol. The Morgan fingerprint density at radius 3 is 2.23 bits per heavy atom. The van der Waals surface area contributed by atoms with Gasteiger partial charge in [0.1, 0.15) is 23.5 Å². The molecule has 2 aromatic rings. The molecule has 1 saturated heterocycles. The number of carbonyl (C=O) groups excluding carboxylic acids is 3. The van der Waals surface area contributed by atoms with Gasteiger partial charge in [-0.1, -0.05) is 36.4 Å². The fourth-order valence-corrected chi connectivity index (χ4v) is 4.18. The van der Waals surface area contributed by atoms with E-state index in [2.05, 4.69) is 0 Å². The lowest BCUT2D eigenvalue weighted by molar-refractivity contribution is -0.161. The van der Waals surface area contributed by atoms with E-state index in [1.807, 2.05) is 36.4 Å². The highest BCUT2D eigenvalue weighted by Crippen LogP contribution is 2.44. The van der Waals surface area contributed by atoms with E-state index in [4.69, 9.17) is 14.2 Å². The van der Waals surface area contributed by atoms with Crippen molar-refractivity contribution in [2.75, 3.05) is 19.8 Å². The number of para-hydroxylation sites is 2. The molecule has 0 saturated carbocycles. The smallest absolute Gasteiger partial charge is 0.328 e. The molecule has 31 heavy (non-hydrogen) atoms. The molecule has 0 bridgehead atoms. The Balaban J connectivity index is 1.49. The van der Waals surface area contributed by atoms with E-state index in [0.717, 1.165) is 12.8 Å². The summed E-state index contributed by atoms with van der Waals surface area (Å²) in [4.78, 5) is 39.6. The van der Waals surface area contributed by atoms with E-state index >= 15 is 0 Å². The molecule has 1 unspecified atom stereocenters. The highest BCUT2D eigenvalue weighted by Gasteiger charge is 2.36. The number of fused-ring (bicyclic) bond motifs is 2. The Labute approximate surface area is 180 Å². The third-order valence-electron chi connectivity index (χ3n) is 5.64. The molecular weight excluding hydrogens is 398 g/mol. The second-order valence-corrected chi connectivity index (χ2v) is 7.57. The Morgan fingerprint density at radius 2 is 1.58 bits per heavy atom. The molecule has 0 spiro atoms. The molecule has 0 aliphatic carbocycles. The third kappa shape index (κ3) is 4.26. The zero-order valence-corrected chi connectivity index (χ0v) is 17.4. The minimum atomic E-state index is -0.684. The molecule has 162 valence electrons. The van der Waals surface area contributed by atoms with E-state index in [1.165, 1.54) is 4.90 Å². The molecule has 1 fully saturated rings. The van der Waals surface area contributed by atoms with Crippen LogP contribution in [0.1, 0.15) is 43.2 Å². The molecule has 0 radical (unpaired) electrons. The molecule has 2 aliphatic heterocycles. The zero-order valence-electron chi connectivity index (χ0n) is 17.4. The number of ether oxygens (including phenoxy) is 3. The van der Waals surface area contributed by atoms with Crippen molar-refractivity contribution in [1.82, 2.24) is 4.90 Å². The van der Waals surface area contributed by atoms with Crippen LogP contribution in [0.5, 0.6) is 11.5 Å². The van der Waals surface area contributed by atoms with Gasteiger partial charge in [0, 0.05) is 17.7 Å². The number of benzene rings is 2. The second kappa shape index (κ2) is 9.20. The molecular formula is C24H25NO6. The van der Waals surface area contributed by atoms with Crippen molar-refractivity contribution in [1.29, 1.82) is 0 Å². The lowest BCUT2D eigenvalue weighted by Crippen LogP contribution is -2.50. The summed E-state index contributed by atoms with van der Waals surface area (Å²) in [5.41, 5.74) is 1.39. The number of esters is 2. The van der Waals surface area contributed by atoms with Crippen LogP contribution in [-0.2, 0) is 23.9 Å². The number of hydrogen-bond acceptors (Lipinski definition) is 6. The maximum absolute atomic E-state index is 13.1. The Bertz CT molecular complexity index is 942. The molecule has 4 rings (SSSR count). The van der Waals surface area contributed by atoms with Gasteiger partial charge >= 0.3 is 11.9 Å². The predicted octanol–water partition coefficient (Wildman–Crippen LogP) is 3.41. The molecule has 7 heteroatoms. The summed E-state index contributed by atoms with van der Waals surface area (Å²) in [7, 11) is 0. The summed E-state index contributed by atoms with van der Waals surface area (Å²) in [5.74, 6) is -0.827. The molecule has 2 heterocycles. The van der Waals surface area contributed by atoms with Crippen LogP contribution < -0.4 is 4.74 Å². The summed E-state index contributed by atoms with van der Waals surface area (Å²) in [6.07, 6.45) is 2.21. The van der Waals surface area contributed by atoms with Crippen LogP contribution in [0.3, 0.4) is 0 Å². The highest BCUT2D eigenvalue weighted by molar-refractivity contribution is 5.89. The first-order valence-electron chi connectivity index (χ1n) is 10.6. The Hall–Kier alpha value is -3.35. The molecule has 0 N–H and O–H groups in total. The zero-order chi connectivity index (χ0) is 21.8. The second-order valence-electron chi connectivity index (χ2n) is 7.57. The first kappa shape index (κ1) is 20.9. The predicted molar refractivity (Wildman–Crippen MR) is 112 cm³/mol. The van der Waals surface area contributed by atoms with Gasteiger partial charge in [0.2, 0.25) is 0 Å². The maximum Gasteiger partial charge on any atom is 0.328 e. The fourth-order valence-electron chi connectivity index (χ4n) is 4.18. The van der Waals surface area contributed by atoms with Crippen molar-refractivity contribution < 1.29 is 28.6 Å². The number of piperidine rings is 1. The topological polar surface area (TPSA) is 82.1 Å². The number of hydrogen-bond donors (Lipinski definition) is 0. The van der Waals surface area contributed by atoms with Crippen molar-refractivity contribution in [3.63, 3.8) is 0 Å². The van der Waals surface area contributed by atoms with Gasteiger partial charge in [-0.25, -0.2) is 4.79 Å². The number of amides is 1. The van der Waals surface area contributed by atoms with Crippen molar-refractivity contribution in [3.05, 3.63) is 59.7 Å². The molecule has 2 aliphatic rings. The normalized spacial score (nSPS) is 17.7. The third-order valence-corrected chi connectivity index (χ3v) is 5.64. The molecule has 1 atom stereocenters. The van der Waals surface area contributed by atoms with Crippen molar-refractivity contribution in [2.24, 2.45) is 0 Å². The molecule has 7 nitrogen and oxygen atoms in total.